The maximum atomic E-state index is 12.7. The Hall–Kier alpha value is -2.30. The third-order valence-corrected chi connectivity index (χ3v) is 7.90. The number of fused-ring (bicyclic) bond motifs is 1. The van der Waals surface area contributed by atoms with Crippen LogP contribution in [0, 0.1) is 0 Å². The lowest BCUT2D eigenvalue weighted by Gasteiger charge is -2.25. The molecular weight excluding hydrogens is 426 g/mol. The van der Waals surface area contributed by atoms with Gasteiger partial charge in [0.25, 0.3) is 0 Å². The molecule has 2 aromatic rings. The molecule has 1 fully saturated rings. The highest BCUT2D eigenvalue weighted by Crippen LogP contribution is 2.34. The highest BCUT2D eigenvalue weighted by Gasteiger charge is 2.26. The summed E-state index contributed by atoms with van der Waals surface area (Å²) in [7, 11) is -3.51. The fraction of sp³-hybridized carbons (Fsp3) is 0.400. The molecule has 160 valence electrons. The van der Waals surface area contributed by atoms with E-state index >= 15 is 0 Å². The van der Waals surface area contributed by atoms with Crippen LogP contribution in [0.2, 0.25) is 0 Å². The smallest absolute Gasteiger partial charge is 0.244 e. The minimum Gasteiger partial charge on any atom is -0.454 e. The number of hydrogen-bond acceptors (Lipinski definition) is 7. The summed E-state index contributed by atoms with van der Waals surface area (Å²) in [5.74, 6) is 1.06. The first-order valence-corrected chi connectivity index (χ1v) is 12.1. The largest absolute Gasteiger partial charge is 0.454 e. The molecule has 30 heavy (non-hydrogen) atoms. The van der Waals surface area contributed by atoms with Gasteiger partial charge in [0.05, 0.1) is 10.3 Å². The van der Waals surface area contributed by atoms with Crippen LogP contribution >= 0.6 is 11.8 Å². The predicted molar refractivity (Wildman–Crippen MR) is 113 cm³/mol. The highest BCUT2D eigenvalue weighted by molar-refractivity contribution is 8.00. The normalized spacial score (nSPS) is 17.5. The van der Waals surface area contributed by atoms with E-state index in [4.69, 9.17) is 9.47 Å². The van der Waals surface area contributed by atoms with Crippen LogP contribution in [-0.2, 0) is 14.8 Å². The molecule has 1 atom stereocenters. The Balaban J connectivity index is 1.37. The van der Waals surface area contributed by atoms with Crippen molar-refractivity contribution in [2.75, 3.05) is 25.2 Å². The number of nitrogens with zero attached hydrogens (tertiary/aromatic N) is 2. The number of thioether (sulfide) groups is 1. The molecule has 3 heterocycles. The Labute approximate surface area is 180 Å². The molecule has 1 N–H and O–H groups in total. The molecule has 8 nitrogen and oxygen atoms in total. The Morgan fingerprint density at radius 1 is 1.13 bits per heavy atom. The van der Waals surface area contributed by atoms with Gasteiger partial charge >= 0.3 is 0 Å². The van der Waals surface area contributed by atoms with E-state index in [1.165, 1.54) is 22.3 Å². The monoisotopic (exact) mass is 449 g/mol. The van der Waals surface area contributed by atoms with Gasteiger partial charge in [-0.1, -0.05) is 18.2 Å². The second-order valence-electron chi connectivity index (χ2n) is 7.11. The van der Waals surface area contributed by atoms with Crippen LogP contribution in [0.3, 0.4) is 0 Å². The van der Waals surface area contributed by atoms with Crippen LogP contribution in [0.1, 0.15) is 26.2 Å². The van der Waals surface area contributed by atoms with Crippen molar-refractivity contribution in [2.24, 2.45) is 0 Å². The number of benzene rings is 1. The van der Waals surface area contributed by atoms with Crippen molar-refractivity contribution in [3.8, 4) is 11.5 Å². The van der Waals surface area contributed by atoms with Gasteiger partial charge in [-0.15, -0.1) is 0 Å². The Bertz CT molecular complexity index is 1020. The summed E-state index contributed by atoms with van der Waals surface area (Å²) in [5, 5.41) is 3.01. The van der Waals surface area contributed by atoms with Gasteiger partial charge in [-0.05, 0) is 44.0 Å². The fourth-order valence-corrected chi connectivity index (χ4v) is 5.55. The minimum atomic E-state index is -3.51. The SMILES string of the molecule is CC(Sc1ccc(S(=O)(=O)N2CCCCC2)cn1)C(=O)Nc1ccc2c(c1)OCO2. The first-order chi connectivity index (χ1) is 14.4. The van der Waals surface area contributed by atoms with E-state index in [2.05, 4.69) is 10.3 Å². The Morgan fingerprint density at radius 2 is 1.90 bits per heavy atom. The zero-order valence-corrected chi connectivity index (χ0v) is 18.2. The number of sulfonamides is 1. The van der Waals surface area contributed by atoms with E-state index in [-0.39, 0.29) is 17.6 Å². The number of anilines is 1. The molecule has 1 unspecified atom stereocenters. The summed E-state index contributed by atoms with van der Waals surface area (Å²) < 4.78 is 37.5. The number of rotatable bonds is 6. The number of piperidine rings is 1. The molecule has 2 aliphatic heterocycles. The van der Waals surface area contributed by atoms with E-state index in [1.807, 2.05) is 0 Å². The lowest BCUT2D eigenvalue weighted by molar-refractivity contribution is -0.115. The summed E-state index contributed by atoms with van der Waals surface area (Å²) in [4.78, 5) is 17.0. The summed E-state index contributed by atoms with van der Waals surface area (Å²) in [6.07, 6.45) is 4.20. The van der Waals surface area contributed by atoms with E-state index in [9.17, 15) is 13.2 Å². The second-order valence-corrected chi connectivity index (χ2v) is 10.4. The molecule has 0 saturated carbocycles. The molecule has 1 aromatic carbocycles. The van der Waals surface area contributed by atoms with Crippen molar-refractivity contribution in [2.45, 2.75) is 41.4 Å². The number of pyridine rings is 1. The molecule has 1 amide bonds. The number of carbonyl (C=O) groups is 1. The second kappa shape index (κ2) is 8.83. The van der Waals surface area contributed by atoms with Gasteiger partial charge in [-0.3, -0.25) is 4.79 Å². The Morgan fingerprint density at radius 3 is 2.63 bits per heavy atom. The molecule has 10 heteroatoms. The lowest BCUT2D eigenvalue weighted by Crippen LogP contribution is -2.35. The van der Waals surface area contributed by atoms with Crippen LogP contribution in [-0.4, -0.2) is 48.7 Å². The first-order valence-electron chi connectivity index (χ1n) is 9.77. The summed E-state index contributed by atoms with van der Waals surface area (Å²) >= 11 is 1.26. The van der Waals surface area contributed by atoms with Gasteiger partial charge in [0, 0.05) is 31.0 Å². The number of aromatic nitrogens is 1. The standard InChI is InChI=1S/C20H23N3O5S2/c1-14(20(24)22-15-5-7-17-18(11-15)28-13-27-17)29-19-8-6-16(12-21-19)30(25,26)23-9-3-2-4-10-23/h5-8,11-12,14H,2-4,9-10,13H2,1H3,(H,22,24). The summed E-state index contributed by atoms with van der Waals surface area (Å²) in [6.45, 7) is 3.05. The third kappa shape index (κ3) is 4.55. The quantitative estimate of drug-likeness (QED) is 0.677. The van der Waals surface area contributed by atoms with Crippen LogP contribution in [0.15, 0.2) is 46.5 Å². The van der Waals surface area contributed by atoms with E-state index in [1.54, 1.807) is 37.3 Å². The molecule has 1 aromatic heterocycles. The number of amides is 1. The maximum Gasteiger partial charge on any atom is 0.244 e. The average molecular weight is 450 g/mol. The predicted octanol–water partition coefficient (Wildman–Crippen LogP) is 3.10. The fourth-order valence-electron chi connectivity index (χ4n) is 3.30. The van der Waals surface area contributed by atoms with E-state index < -0.39 is 15.3 Å². The Kier molecular flexibility index (Phi) is 6.16. The van der Waals surface area contributed by atoms with Gasteiger partial charge in [-0.25, -0.2) is 13.4 Å². The number of nitrogens with one attached hydrogen (secondary N) is 1. The van der Waals surface area contributed by atoms with Crippen molar-refractivity contribution in [3.05, 3.63) is 36.5 Å². The molecule has 1 saturated heterocycles. The average Bonchev–Trinajstić information content (AvgIpc) is 3.22. The first kappa shape index (κ1) is 21.0. The molecule has 0 spiro atoms. The zero-order chi connectivity index (χ0) is 21.1. The van der Waals surface area contributed by atoms with Crippen molar-refractivity contribution < 1.29 is 22.7 Å². The van der Waals surface area contributed by atoms with E-state index in [0.717, 1.165) is 19.3 Å². The molecule has 4 rings (SSSR count). The van der Waals surface area contributed by atoms with Gasteiger partial charge in [0.2, 0.25) is 22.7 Å². The van der Waals surface area contributed by atoms with Crippen LogP contribution in [0.4, 0.5) is 5.69 Å². The van der Waals surface area contributed by atoms with Crippen molar-refractivity contribution in [1.29, 1.82) is 0 Å². The van der Waals surface area contributed by atoms with Gasteiger partial charge in [-0.2, -0.15) is 4.31 Å². The molecule has 0 aliphatic carbocycles. The van der Waals surface area contributed by atoms with Gasteiger partial charge < -0.3 is 14.8 Å². The molecule has 2 aliphatic rings. The number of hydrogen-bond donors (Lipinski definition) is 1. The van der Waals surface area contributed by atoms with Crippen molar-refractivity contribution in [1.82, 2.24) is 9.29 Å². The van der Waals surface area contributed by atoms with Gasteiger partial charge in [0.1, 0.15) is 4.90 Å². The van der Waals surface area contributed by atoms with Crippen molar-refractivity contribution >= 4 is 33.4 Å². The van der Waals surface area contributed by atoms with Crippen LogP contribution < -0.4 is 14.8 Å². The van der Waals surface area contributed by atoms with Gasteiger partial charge in [0.15, 0.2) is 11.5 Å². The maximum absolute atomic E-state index is 12.7. The highest BCUT2D eigenvalue weighted by atomic mass is 32.2. The molecule has 0 bridgehead atoms. The molecular formula is C20H23N3O5S2. The zero-order valence-electron chi connectivity index (χ0n) is 16.5. The number of carbonyl (C=O) groups excluding carboxylic acids is 1. The van der Waals surface area contributed by atoms with Crippen molar-refractivity contribution in [3.63, 3.8) is 0 Å². The third-order valence-electron chi connectivity index (χ3n) is 4.97. The van der Waals surface area contributed by atoms with Crippen LogP contribution in [0.25, 0.3) is 0 Å². The summed E-state index contributed by atoms with van der Waals surface area (Å²) in [5.41, 5.74) is 0.618. The topological polar surface area (TPSA) is 97.8 Å². The van der Waals surface area contributed by atoms with Crippen LogP contribution in [0.5, 0.6) is 11.5 Å². The number of ether oxygens (including phenoxy) is 2. The lowest BCUT2D eigenvalue weighted by atomic mass is 10.2. The molecule has 0 radical (unpaired) electrons. The van der Waals surface area contributed by atoms with E-state index in [0.29, 0.717) is 35.3 Å². The summed E-state index contributed by atoms with van der Waals surface area (Å²) in [6, 6.07) is 8.42. The minimum absolute atomic E-state index is 0.175.